The quantitative estimate of drug-likeness (QED) is 0.801. The van der Waals surface area contributed by atoms with Gasteiger partial charge in [0.15, 0.2) is 0 Å². The Bertz CT molecular complexity index is 400. The molecule has 1 aliphatic rings. The van der Waals surface area contributed by atoms with Crippen LogP contribution in [0.25, 0.3) is 0 Å². The SMILES string of the molecule is COCC(N)Cc1nc(C2(OC)CCCCCC2)no1. The summed E-state index contributed by atoms with van der Waals surface area (Å²) in [5.74, 6) is 1.23. The van der Waals surface area contributed by atoms with E-state index in [1.54, 1.807) is 14.2 Å². The van der Waals surface area contributed by atoms with Gasteiger partial charge in [0.05, 0.1) is 6.61 Å². The summed E-state index contributed by atoms with van der Waals surface area (Å²) in [5.41, 5.74) is 5.53. The summed E-state index contributed by atoms with van der Waals surface area (Å²) >= 11 is 0. The molecule has 1 atom stereocenters. The Hall–Kier alpha value is -0.980. The molecule has 0 aromatic carbocycles. The van der Waals surface area contributed by atoms with Crippen LogP contribution in [-0.2, 0) is 21.5 Å². The van der Waals surface area contributed by atoms with Gasteiger partial charge in [-0.3, -0.25) is 0 Å². The molecule has 1 aliphatic carbocycles. The lowest BCUT2D eigenvalue weighted by Crippen LogP contribution is -2.30. The number of nitrogens with zero attached hydrogens (tertiary/aromatic N) is 2. The van der Waals surface area contributed by atoms with Crippen LogP contribution in [0.1, 0.15) is 50.2 Å². The van der Waals surface area contributed by atoms with Gasteiger partial charge >= 0.3 is 0 Å². The van der Waals surface area contributed by atoms with E-state index in [0.717, 1.165) is 25.7 Å². The number of hydrogen-bond acceptors (Lipinski definition) is 6. The molecule has 2 rings (SSSR count). The van der Waals surface area contributed by atoms with E-state index in [1.807, 2.05) is 0 Å². The zero-order chi connectivity index (χ0) is 14.4. The monoisotopic (exact) mass is 283 g/mol. The highest BCUT2D eigenvalue weighted by molar-refractivity contribution is 5.03. The maximum Gasteiger partial charge on any atom is 0.228 e. The molecule has 1 aromatic rings. The fourth-order valence-electron chi connectivity index (χ4n) is 2.84. The maximum atomic E-state index is 5.91. The molecule has 1 unspecified atom stereocenters. The zero-order valence-electron chi connectivity index (χ0n) is 12.4. The molecule has 20 heavy (non-hydrogen) atoms. The minimum Gasteiger partial charge on any atom is -0.383 e. The summed E-state index contributed by atoms with van der Waals surface area (Å²) in [6.07, 6.45) is 7.20. The van der Waals surface area contributed by atoms with E-state index >= 15 is 0 Å². The predicted molar refractivity (Wildman–Crippen MR) is 74.2 cm³/mol. The van der Waals surface area contributed by atoms with Crippen molar-refractivity contribution in [3.8, 4) is 0 Å². The molecule has 1 saturated carbocycles. The second-order valence-electron chi connectivity index (χ2n) is 5.54. The molecule has 6 heteroatoms. The van der Waals surface area contributed by atoms with Crippen molar-refractivity contribution in [2.24, 2.45) is 5.73 Å². The van der Waals surface area contributed by atoms with E-state index in [2.05, 4.69) is 10.1 Å². The molecular formula is C14H25N3O3. The molecule has 0 bridgehead atoms. The zero-order valence-corrected chi connectivity index (χ0v) is 12.4. The highest BCUT2D eigenvalue weighted by Crippen LogP contribution is 2.37. The van der Waals surface area contributed by atoms with Crippen LogP contribution in [0.4, 0.5) is 0 Å². The Morgan fingerprint density at radius 1 is 1.25 bits per heavy atom. The van der Waals surface area contributed by atoms with Gasteiger partial charge in [-0.2, -0.15) is 4.98 Å². The Balaban J connectivity index is 2.08. The van der Waals surface area contributed by atoms with Crippen LogP contribution >= 0.6 is 0 Å². The van der Waals surface area contributed by atoms with Gasteiger partial charge in [0.25, 0.3) is 0 Å². The molecule has 0 spiro atoms. The summed E-state index contributed by atoms with van der Waals surface area (Å²) in [7, 11) is 3.36. The molecule has 0 saturated heterocycles. The van der Waals surface area contributed by atoms with Crippen LogP contribution in [-0.4, -0.2) is 37.0 Å². The van der Waals surface area contributed by atoms with Crippen molar-refractivity contribution in [2.75, 3.05) is 20.8 Å². The van der Waals surface area contributed by atoms with Crippen molar-refractivity contribution in [1.82, 2.24) is 10.1 Å². The van der Waals surface area contributed by atoms with Crippen molar-refractivity contribution in [3.05, 3.63) is 11.7 Å². The van der Waals surface area contributed by atoms with Crippen LogP contribution in [0.2, 0.25) is 0 Å². The molecular weight excluding hydrogens is 258 g/mol. The molecule has 2 N–H and O–H groups in total. The van der Waals surface area contributed by atoms with Gasteiger partial charge in [0, 0.05) is 26.7 Å². The van der Waals surface area contributed by atoms with Crippen LogP contribution in [0.3, 0.4) is 0 Å². The second kappa shape index (κ2) is 7.15. The first kappa shape index (κ1) is 15.4. The lowest BCUT2D eigenvalue weighted by Gasteiger charge is -2.27. The average Bonchev–Trinajstić information content (AvgIpc) is 2.76. The van der Waals surface area contributed by atoms with Gasteiger partial charge in [-0.1, -0.05) is 30.8 Å². The smallest absolute Gasteiger partial charge is 0.228 e. The fourth-order valence-corrected chi connectivity index (χ4v) is 2.84. The van der Waals surface area contributed by atoms with E-state index in [9.17, 15) is 0 Å². The van der Waals surface area contributed by atoms with Crippen molar-refractivity contribution in [1.29, 1.82) is 0 Å². The summed E-state index contributed by atoms with van der Waals surface area (Å²) in [6.45, 7) is 0.479. The van der Waals surface area contributed by atoms with Crippen molar-refractivity contribution in [3.63, 3.8) is 0 Å². The molecule has 114 valence electrons. The van der Waals surface area contributed by atoms with E-state index < -0.39 is 0 Å². The average molecular weight is 283 g/mol. The second-order valence-corrected chi connectivity index (χ2v) is 5.54. The first-order valence-corrected chi connectivity index (χ1v) is 7.33. The van der Waals surface area contributed by atoms with Gasteiger partial charge in [0.1, 0.15) is 5.60 Å². The van der Waals surface area contributed by atoms with E-state index in [0.29, 0.717) is 24.7 Å². The van der Waals surface area contributed by atoms with E-state index in [4.69, 9.17) is 19.7 Å². The maximum absolute atomic E-state index is 5.91. The molecule has 1 fully saturated rings. The van der Waals surface area contributed by atoms with Gasteiger partial charge in [0.2, 0.25) is 11.7 Å². The number of rotatable bonds is 6. The Morgan fingerprint density at radius 3 is 2.55 bits per heavy atom. The number of methoxy groups -OCH3 is 2. The first-order chi connectivity index (χ1) is 9.70. The van der Waals surface area contributed by atoms with Gasteiger partial charge in [-0.25, -0.2) is 0 Å². The van der Waals surface area contributed by atoms with E-state index in [-0.39, 0.29) is 11.6 Å². The Kier molecular flexibility index (Phi) is 5.51. The minimum absolute atomic E-state index is 0.124. The summed E-state index contributed by atoms with van der Waals surface area (Å²) in [4.78, 5) is 4.50. The molecule has 6 nitrogen and oxygen atoms in total. The molecule has 0 amide bonds. The number of hydrogen-bond donors (Lipinski definition) is 1. The van der Waals surface area contributed by atoms with Crippen molar-refractivity contribution in [2.45, 2.75) is 56.6 Å². The highest BCUT2D eigenvalue weighted by Gasteiger charge is 2.37. The number of ether oxygens (including phenoxy) is 2. The lowest BCUT2D eigenvalue weighted by atomic mass is 9.93. The lowest BCUT2D eigenvalue weighted by molar-refractivity contribution is -0.0365. The largest absolute Gasteiger partial charge is 0.383 e. The minimum atomic E-state index is -0.385. The summed E-state index contributed by atoms with van der Waals surface area (Å²) in [6, 6.07) is -0.124. The van der Waals surface area contributed by atoms with Crippen molar-refractivity contribution >= 4 is 0 Å². The third-order valence-electron chi connectivity index (χ3n) is 4.00. The summed E-state index contributed by atoms with van der Waals surface area (Å²) < 4.78 is 16.1. The highest BCUT2D eigenvalue weighted by atomic mass is 16.5. The topological polar surface area (TPSA) is 83.4 Å². The van der Waals surface area contributed by atoms with Crippen LogP contribution in [0.15, 0.2) is 4.52 Å². The molecule has 1 aromatic heterocycles. The van der Waals surface area contributed by atoms with Crippen LogP contribution < -0.4 is 5.73 Å². The third-order valence-corrected chi connectivity index (χ3v) is 4.00. The molecule has 0 aliphatic heterocycles. The summed E-state index contributed by atoms with van der Waals surface area (Å²) in [5, 5.41) is 4.13. The van der Waals surface area contributed by atoms with Crippen LogP contribution in [0, 0.1) is 0 Å². The number of aromatic nitrogens is 2. The third kappa shape index (κ3) is 3.56. The van der Waals surface area contributed by atoms with Gasteiger partial charge < -0.3 is 19.7 Å². The Labute approximate surface area is 120 Å². The number of nitrogens with two attached hydrogens (primary N) is 1. The fraction of sp³-hybridized carbons (Fsp3) is 0.857. The van der Waals surface area contributed by atoms with E-state index in [1.165, 1.54) is 12.8 Å². The van der Waals surface area contributed by atoms with Gasteiger partial charge in [-0.05, 0) is 12.8 Å². The molecule has 1 heterocycles. The van der Waals surface area contributed by atoms with Crippen LogP contribution in [0.5, 0.6) is 0 Å². The first-order valence-electron chi connectivity index (χ1n) is 7.33. The van der Waals surface area contributed by atoms with Crippen molar-refractivity contribution < 1.29 is 14.0 Å². The molecule has 0 radical (unpaired) electrons. The Morgan fingerprint density at radius 2 is 1.95 bits per heavy atom. The van der Waals surface area contributed by atoms with Gasteiger partial charge in [-0.15, -0.1) is 0 Å². The standard InChI is InChI=1S/C14H25N3O3/c1-18-10-11(15)9-12-16-13(17-20-12)14(19-2)7-5-3-4-6-8-14/h11H,3-10,15H2,1-2H3. The predicted octanol–water partition coefficient (Wildman–Crippen LogP) is 1.78. The normalized spacial score (nSPS) is 20.6.